The maximum absolute atomic E-state index is 14.0. The van der Waals surface area contributed by atoms with Crippen molar-refractivity contribution in [3.63, 3.8) is 0 Å². The van der Waals surface area contributed by atoms with Crippen LogP contribution in [0.5, 0.6) is 17.2 Å². The van der Waals surface area contributed by atoms with Crippen molar-refractivity contribution in [2.75, 3.05) is 40.5 Å². The van der Waals surface area contributed by atoms with E-state index in [-0.39, 0.29) is 11.6 Å². The maximum Gasteiger partial charge on any atom is 0.165 e. The van der Waals surface area contributed by atoms with Gasteiger partial charge in [-0.15, -0.1) is 0 Å². The third-order valence-electron chi connectivity index (χ3n) is 6.94. The zero-order valence-corrected chi connectivity index (χ0v) is 22.1. The molecule has 37 heavy (non-hydrogen) atoms. The highest BCUT2D eigenvalue weighted by atomic mass is 19.1. The Kier molecular flexibility index (Phi) is 9.41. The lowest BCUT2D eigenvalue weighted by Crippen LogP contribution is -2.39. The van der Waals surface area contributed by atoms with Crippen LogP contribution in [-0.4, -0.2) is 60.8 Å². The minimum atomic E-state index is -0.429. The summed E-state index contributed by atoms with van der Waals surface area (Å²) < 4.78 is 39.3. The average molecular weight is 512 g/mol. The first-order chi connectivity index (χ1) is 18.0. The van der Waals surface area contributed by atoms with Gasteiger partial charge >= 0.3 is 0 Å². The van der Waals surface area contributed by atoms with Crippen molar-refractivity contribution in [2.24, 2.45) is 0 Å². The van der Waals surface area contributed by atoms with Gasteiger partial charge in [-0.3, -0.25) is 9.58 Å². The van der Waals surface area contributed by atoms with Crippen molar-refractivity contribution in [3.05, 3.63) is 71.8 Å². The fourth-order valence-corrected chi connectivity index (χ4v) is 4.75. The number of benzene rings is 2. The van der Waals surface area contributed by atoms with Crippen LogP contribution in [0.1, 0.15) is 36.8 Å². The molecule has 1 fully saturated rings. The molecule has 8 heteroatoms. The van der Waals surface area contributed by atoms with Gasteiger partial charge in [-0.05, 0) is 68.1 Å². The fourth-order valence-electron chi connectivity index (χ4n) is 4.75. The highest BCUT2D eigenvalue weighted by molar-refractivity contribution is 5.43. The van der Waals surface area contributed by atoms with E-state index in [9.17, 15) is 4.39 Å². The van der Waals surface area contributed by atoms with Crippen molar-refractivity contribution in [3.8, 4) is 17.2 Å². The first-order valence-corrected chi connectivity index (χ1v) is 12.9. The van der Waals surface area contributed by atoms with E-state index < -0.39 is 5.60 Å². The molecule has 0 N–H and O–H groups in total. The van der Waals surface area contributed by atoms with Crippen LogP contribution in [0.2, 0.25) is 0 Å². The number of hydrogen-bond donors (Lipinski definition) is 0. The molecule has 0 bridgehead atoms. The van der Waals surface area contributed by atoms with Crippen molar-refractivity contribution in [1.82, 2.24) is 14.7 Å². The maximum atomic E-state index is 14.0. The number of para-hydroxylation sites is 1. The van der Waals surface area contributed by atoms with E-state index in [1.165, 1.54) is 11.6 Å². The molecule has 2 heterocycles. The van der Waals surface area contributed by atoms with E-state index in [1.54, 1.807) is 32.4 Å². The summed E-state index contributed by atoms with van der Waals surface area (Å²) in [6.45, 7) is 6.41. The van der Waals surface area contributed by atoms with Crippen LogP contribution in [0, 0.1) is 12.7 Å². The molecule has 1 saturated heterocycles. The van der Waals surface area contributed by atoms with Crippen molar-refractivity contribution >= 4 is 0 Å². The third-order valence-corrected chi connectivity index (χ3v) is 6.94. The van der Waals surface area contributed by atoms with Crippen molar-refractivity contribution < 1.29 is 23.3 Å². The summed E-state index contributed by atoms with van der Waals surface area (Å²) in [7, 11) is 3.40. The Morgan fingerprint density at radius 1 is 1.00 bits per heavy atom. The van der Waals surface area contributed by atoms with Crippen LogP contribution in [0.3, 0.4) is 0 Å². The summed E-state index contributed by atoms with van der Waals surface area (Å²) >= 11 is 0. The number of aryl methyl sites for hydroxylation is 2. The van der Waals surface area contributed by atoms with E-state index in [2.05, 4.69) is 22.1 Å². The Balaban J connectivity index is 1.29. The third kappa shape index (κ3) is 7.46. The number of likely N-dealkylation sites (tertiary alicyclic amines) is 1. The SMILES string of the molecule is COc1cc(CN2CCCC(COc3ccccc3F)(OC)CC2)ccc1OCCCn1cc(C)cn1. The molecule has 1 unspecified atom stereocenters. The summed E-state index contributed by atoms with van der Waals surface area (Å²) in [6.07, 6.45) is 7.41. The lowest BCUT2D eigenvalue weighted by molar-refractivity contribution is -0.0548. The topological polar surface area (TPSA) is 58.0 Å². The van der Waals surface area contributed by atoms with Gasteiger partial charge in [-0.25, -0.2) is 4.39 Å². The van der Waals surface area contributed by atoms with Crippen LogP contribution >= 0.6 is 0 Å². The van der Waals surface area contributed by atoms with Crippen LogP contribution in [0.4, 0.5) is 4.39 Å². The van der Waals surface area contributed by atoms with Crippen molar-refractivity contribution in [2.45, 2.75) is 51.3 Å². The smallest absolute Gasteiger partial charge is 0.165 e. The number of hydrogen-bond acceptors (Lipinski definition) is 6. The molecule has 0 spiro atoms. The Bertz CT molecular complexity index is 1140. The summed E-state index contributed by atoms with van der Waals surface area (Å²) in [5.74, 6) is 1.42. The minimum absolute atomic E-state index is 0.269. The van der Waals surface area contributed by atoms with Crippen LogP contribution in [0.15, 0.2) is 54.9 Å². The van der Waals surface area contributed by atoms with Crippen LogP contribution in [-0.2, 0) is 17.8 Å². The van der Waals surface area contributed by atoms with E-state index >= 15 is 0 Å². The van der Waals surface area contributed by atoms with E-state index in [4.69, 9.17) is 18.9 Å². The summed E-state index contributed by atoms with van der Waals surface area (Å²) in [6, 6.07) is 12.7. The molecule has 1 aliphatic heterocycles. The van der Waals surface area contributed by atoms with E-state index in [0.717, 1.165) is 68.9 Å². The van der Waals surface area contributed by atoms with Gasteiger partial charge in [0.2, 0.25) is 0 Å². The number of halogens is 1. The van der Waals surface area contributed by atoms with Gasteiger partial charge in [0.25, 0.3) is 0 Å². The fraction of sp³-hybridized carbons (Fsp3) is 0.483. The lowest BCUT2D eigenvalue weighted by atomic mass is 9.95. The van der Waals surface area contributed by atoms with Gasteiger partial charge in [0.15, 0.2) is 23.1 Å². The zero-order valence-electron chi connectivity index (χ0n) is 22.1. The molecular weight excluding hydrogens is 473 g/mol. The molecule has 0 aliphatic carbocycles. The number of methoxy groups -OCH3 is 2. The van der Waals surface area contributed by atoms with Gasteiger partial charge in [-0.2, -0.15) is 5.10 Å². The minimum Gasteiger partial charge on any atom is -0.493 e. The number of aromatic nitrogens is 2. The molecule has 1 aromatic heterocycles. The van der Waals surface area contributed by atoms with Gasteiger partial charge in [0, 0.05) is 39.4 Å². The highest BCUT2D eigenvalue weighted by Gasteiger charge is 2.34. The predicted molar refractivity (Wildman–Crippen MR) is 141 cm³/mol. The van der Waals surface area contributed by atoms with Gasteiger partial charge in [0.1, 0.15) is 12.2 Å². The predicted octanol–water partition coefficient (Wildman–Crippen LogP) is 5.26. The first kappa shape index (κ1) is 26.9. The summed E-state index contributed by atoms with van der Waals surface area (Å²) in [4.78, 5) is 2.42. The molecule has 1 aliphatic rings. The number of rotatable bonds is 12. The van der Waals surface area contributed by atoms with Gasteiger partial charge in [0.05, 0.1) is 19.9 Å². The Hall–Kier alpha value is -3.10. The second kappa shape index (κ2) is 12.9. The van der Waals surface area contributed by atoms with Gasteiger partial charge in [-0.1, -0.05) is 18.2 Å². The molecule has 4 rings (SSSR count). The molecular formula is C29H38FN3O4. The second-order valence-electron chi connectivity index (χ2n) is 9.70. The highest BCUT2D eigenvalue weighted by Crippen LogP contribution is 2.31. The Morgan fingerprint density at radius 2 is 1.86 bits per heavy atom. The molecule has 1 atom stereocenters. The molecule has 0 amide bonds. The number of ether oxygens (including phenoxy) is 4. The largest absolute Gasteiger partial charge is 0.493 e. The van der Waals surface area contributed by atoms with E-state index in [1.807, 2.05) is 30.1 Å². The summed E-state index contributed by atoms with van der Waals surface area (Å²) in [5, 5.41) is 4.31. The molecule has 0 radical (unpaired) electrons. The standard InChI is InChI=1S/C29H38FN3O4/c1-23-19-31-33(20-23)15-7-17-36-27-11-10-24(18-28(27)34-2)21-32-14-6-12-29(35-3,13-16-32)22-37-26-9-5-4-8-25(26)30/h4-5,8-11,18-20H,6-7,12-17,21-22H2,1-3H3. The van der Waals surface area contributed by atoms with Gasteiger partial charge < -0.3 is 18.9 Å². The molecule has 200 valence electrons. The molecule has 0 saturated carbocycles. The monoisotopic (exact) mass is 511 g/mol. The molecule has 3 aromatic rings. The lowest BCUT2D eigenvalue weighted by Gasteiger charge is -2.31. The van der Waals surface area contributed by atoms with Crippen LogP contribution in [0.25, 0.3) is 0 Å². The second-order valence-corrected chi connectivity index (χ2v) is 9.70. The summed E-state index contributed by atoms with van der Waals surface area (Å²) in [5.41, 5.74) is 1.90. The van der Waals surface area contributed by atoms with Crippen molar-refractivity contribution in [1.29, 1.82) is 0 Å². The number of nitrogens with zero attached hydrogens (tertiary/aromatic N) is 3. The quantitative estimate of drug-likeness (QED) is 0.309. The normalized spacial score (nSPS) is 18.4. The first-order valence-electron chi connectivity index (χ1n) is 12.9. The van der Waals surface area contributed by atoms with E-state index in [0.29, 0.717) is 13.2 Å². The average Bonchev–Trinajstić information content (AvgIpc) is 3.22. The zero-order chi connectivity index (χ0) is 26.1. The molecule has 2 aromatic carbocycles. The van der Waals surface area contributed by atoms with Crippen LogP contribution < -0.4 is 14.2 Å². The Labute approximate surface area is 219 Å². The molecule has 7 nitrogen and oxygen atoms in total. The Morgan fingerprint density at radius 3 is 2.62 bits per heavy atom.